The van der Waals surface area contributed by atoms with Crippen LogP contribution in [-0.4, -0.2) is 13.2 Å². The monoisotopic (exact) mass is 392 g/mol. The van der Waals surface area contributed by atoms with Gasteiger partial charge in [0.05, 0.1) is 0 Å². The van der Waals surface area contributed by atoms with E-state index in [1.165, 1.54) is 5.57 Å². The zero-order valence-corrected chi connectivity index (χ0v) is 18.0. The lowest BCUT2D eigenvalue weighted by molar-refractivity contribution is 0.331. The van der Waals surface area contributed by atoms with E-state index in [9.17, 15) is 0 Å². The Hall–Kier alpha value is -2.72. The van der Waals surface area contributed by atoms with E-state index in [2.05, 4.69) is 57.7 Å². The summed E-state index contributed by atoms with van der Waals surface area (Å²) in [6.07, 6.45) is 8.66. The second-order valence-electron chi connectivity index (χ2n) is 7.89. The Balaban J connectivity index is 2.58. The quantitative estimate of drug-likeness (QED) is 0.349. The van der Waals surface area contributed by atoms with Crippen LogP contribution < -0.4 is 9.47 Å². The van der Waals surface area contributed by atoms with E-state index in [1.807, 2.05) is 0 Å². The molecule has 0 saturated heterocycles. The Bertz CT molecular complexity index is 787. The maximum atomic E-state index is 9.09. The van der Waals surface area contributed by atoms with Crippen molar-refractivity contribution in [1.29, 1.82) is 10.5 Å². The van der Waals surface area contributed by atoms with Crippen LogP contribution in [0.5, 0.6) is 11.5 Å². The van der Waals surface area contributed by atoms with Gasteiger partial charge in [-0.15, -0.1) is 0 Å². The summed E-state index contributed by atoms with van der Waals surface area (Å²) in [5.41, 5.74) is 4.51. The first kappa shape index (κ1) is 22.6. The van der Waals surface area contributed by atoms with E-state index in [-0.39, 0.29) is 25.0 Å². The first-order chi connectivity index (χ1) is 14.0. The van der Waals surface area contributed by atoms with Crippen LogP contribution in [0.4, 0.5) is 0 Å². The summed E-state index contributed by atoms with van der Waals surface area (Å²) in [6.45, 7) is 10.6. The minimum absolute atomic E-state index is 0.0176. The van der Waals surface area contributed by atoms with Gasteiger partial charge in [-0.1, -0.05) is 43.6 Å². The van der Waals surface area contributed by atoms with Crippen molar-refractivity contribution >= 4 is 0 Å². The third-order valence-electron chi connectivity index (χ3n) is 5.53. The van der Waals surface area contributed by atoms with Crippen LogP contribution in [0.25, 0.3) is 0 Å². The normalized spacial score (nSPS) is 18.3. The molecule has 0 bridgehead atoms. The van der Waals surface area contributed by atoms with Crippen molar-refractivity contribution in [3.05, 3.63) is 47.1 Å². The van der Waals surface area contributed by atoms with Crippen molar-refractivity contribution in [2.45, 2.75) is 65.2 Å². The second kappa shape index (κ2) is 11.3. The van der Waals surface area contributed by atoms with Crippen LogP contribution in [-0.2, 0) is 6.42 Å². The van der Waals surface area contributed by atoms with Gasteiger partial charge in [0.25, 0.3) is 0 Å². The standard InChI is InChI=1S/C25H32N2O2/c1-5-6-7-8-20-16-23(28-13-11-26)25(24(17-20)29-14-12-27)22-15-19(4)9-10-21(22)18(2)3/h15-17,21-22H,2,5-10,13-14H2,1,3-4H3/t21-,22+/m0/s1. The molecule has 154 valence electrons. The topological polar surface area (TPSA) is 66.0 Å². The van der Waals surface area contributed by atoms with Crippen LogP contribution in [0.1, 0.15) is 69.9 Å². The molecule has 29 heavy (non-hydrogen) atoms. The number of nitriles is 2. The number of rotatable bonds is 10. The molecule has 2 atom stereocenters. The van der Waals surface area contributed by atoms with Crippen molar-refractivity contribution < 1.29 is 9.47 Å². The second-order valence-corrected chi connectivity index (χ2v) is 7.89. The van der Waals surface area contributed by atoms with Crippen molar-refractivity contribution in [3.63, 3.8) is 0 Å². The molecule has 0 radical (unpaired) electrons. The van der Waals surface area contributed by atoms with Crippen molar-refractivity contribution in [3.8, 4) is 23.6 Å². The fourth-order valence-electron chi connectivity index (χ4n) is 4.07. The van der Waals surface area contributed by atoms with E-state index in [0.717, 1.165) is 55.2 Å². The number of allylic oxidation sites excluding steroid dienone is 3. The molecular formula is C25H32N2O2. The molecule has 4 heteroatoms. The predicted molar refractivity (Wildman–Crippen MR) is 116 cm³/mol. The summed E-state index contributed by atoms with van der Waals surface area (Å²) in [5.74, 6) is 1.72. The van der Waals surface area contributed by atoms with Gasteiger partial charge in [0.15, 0.2) is 13.2 Å². The third-order valence-corrected chi connectivity index (χ3v) is 5.53. The highest BCUT2D eigenvalue weighted by Gasteiger charge is 2.31. The molecule has 1 aromatic carbocycles. The van der Waals surface area contributed by atoms with Crippen molar-refractivity contribution in [1.82, 2.24) is 0 Å². The van der Waals surface area contributed by atoms with Gasteiger partial charge < -0.3 is 9.47 Å². The summed E-state index contributed by atoms with van der Waals surface area (Å²) < 4.78 is 11.8. The summed E-state index contributed by atoms with van der Waals surface area (Å²) in [4.78, 5) is 0. The molecular weight excluding hydrogens is 360 g/mol. The number of unbranched alkanes of at least 4 members (excludes halogenated alkanes) is 2. The summed E-state index contributed by atoms with van der Waals surface area (Å²) in [7, 11) is 0. The zero-order chi connectivity index (χ0) is 21.2. The number of aryl methyl sites for hydroxylation is 1. The molecule has 0 unspecified atom stereocenters. The number of benzene rings is 1. The Morgan fingerprint density at radius 2 is 1.76 bits per heavy atom. The van der Waals surface area contributed by atoms with Crippen molar-refractivity contribution in [2.75, 3.05) is 13.2 Å². The molecule has 0 aliphatic heterocycles. The molecule has 0 spiro atoms. The van der Waals surface area contributed by atoms with E-state index < -0.39 is 0 Å². The first-order valence-corrected chi connectivity index (χ1v) is 10.5. The Morgan fingerprint density at radius 1 is 1.14 bits per heavy atom. The summed E-state index contributed by atoms with van der Waals surface area (Å²) in [6, 6.07) is 8.25. The maximum absolute atomic E-state index is 9.09. The van der Waals surface area contributed by atoms with E-state index in [0.29, 0.717) is 11.5 Å². The number of ether oxygens (including phenoxy) is 2. The van der Waals surface area contributed by atoms with Gasteiger partial charge in [0, 0.05) is 11.5 Å². The molecule has 0 saturated carbocycles. The molecule has 2 rings (SSSR count). The SMILES string of the molecule is C=C(C)[C@@H]1CCC(C)=C[C@H]1c1c(OCC#N)cc(CCCCC)cc1OCC#N. The van der Waals surface area contributed by atoms with Crippen LogP contribution in [0.2, 0.25) is 0 Å². The highest BCUT2D eigenvalue weighted by molar-refractivity contribution is 5.53. The molecule has 1 aliphatic rings. The summed E-state index contributed by atoms with van der Waals surface area (Å²) in [5, 5.41) is 18.2. The number of nitrogens with zero attached hydrogens (tertiary/aromatic N) is 2. The fourth-order valence-corrected chi connectivity index (χ4v) is 4.07. The zero-order valence-electron chi connectivity index (χ0n) is 18.0. The molecule has 0 amide bonds. The first-order valence-electron chi connectivity index (χ1n) is 10.5. The smallest absolute Gasteiger partial charge is 0.174 e. The van der Waals surface area contributed by atoms with Gasteiger partial charge in [-0.25, -0.2) is 0 Å². The highest BCUT2D eigenvalue weighted by atomic mass is 16.5. The molecule has 0 fully saturated rings. The van der Waals surface area contributed by atoms with Gasteiger partial charge in [-0.2, -0.15) is 10.5 Å². The average Bonchev–Trinajstić information content (AvgIpc) is 2.70. The third kappa shape index (κ3) is 6.13. The van der Waals surface area contributed by atoms with Crippen molar-refractivity contribution in [2.24, 2.45) is 5.92 Å². The lowest BCUT2D eigenvalue weighted by atomic mass is 9.73. The molecule has 1 aliphatic carbocycles. The predicted octanol–water partition coefficient (Wildman–Crippen LogP) is 6.24. The van der Waals surface area contributed by atoms with Crippen LogP contribution in [0.3, 0.4) is 0 Å². The van der Waals surface area contributed by atoms with Gasteiger partial charge >= 0.3 is 0 Å². The largest absolute Gasteiger partial charge is 0.478 e. The lowest BCUT2D eigenvalue weighted by Gasteiger charge is -2.32. The molecule has 0 heterocycles. The van der Waals surface area contributed by atoms with Crippen LogP contribution in [0.15, 0.2) is 35.9 Å². The summed E-state index contributed by atoms with van der Waals surface area (Å²) >= 11 is 0. The average molecular weight is 393 g/mol. The van der Waals surface area contributed by atoms with Gasteiger partial charge in [0.1, 0.15) is 23.6 Å². The van der Waals surface area contributed by atoms with E-state index in [4.69, 9.17) is 20.0 Å². The Kier molecular flexibility index (Phi) is 8.81. The van der Waals surface area contributed by atoms with Crippen LogP contribution >= 0.6 is 0 Å². The number of hydrogen-bond acceptors (Lipinski definition) is 4. The number of hydrogen-bond donors (Lipinski definition) is 0. The van der Waals surface area contributed by atoms with Gasteiger partial charge in [0.2, 0.25) is 0 Å². The van der Waals surface area contributed by atoms with Gasteiger partial charge in [-0.3, -0.25) is 0 Å². The fraction of sp³-hybridized carbons (Fsp3) is 0.520. The molecule has 0 aromatic heterocycles. The van der Waals surface area contributed by atoms with Crippen LogP contribution in [0, 0.1) is 28.6 Å². The highest BCUT2D eigenvalue weighted by Crippen LogP contribution is 2.47. The Labute approximate surface area is 175 Å². The van der Waals surface area contributed by atoms with E-state index >= 15 is 0 Å². The lowest BCUT2D eigenvalue weighted by Crippen LogP contribution is -2.19. The maximum Gasteiger partial charge on any atom is 0.174 e. The molecule has 1 aromatic rings. The Morgan fingerprint density at radius 3 is 2.28 bits per heavy atom. The molecule has 4 nitrogen and oxygen atoms in total. The minimum Gasteiger partial charge on any atom is -0.478 e. The minimum atomic E-state index is -0.0176. The van der Waals surface area contributed by atoms with Gasteiger partial charge in [-0.05, 0) is 63.1 Å². The molecule has 0 N–H and O–H groups in total. The van der Waals surface area contributed by atoms with E-state index in [1.54, 1.807) is 0 Å².